The van der Waals surface area contributed by atoms with Crippen LogP contribution < -0.4 is 10.1 Å². The number of nitrogens with one attached hydrogen (secondary N) is 1. The van der Waals surface area contributed by atoms with Crippen LogP contribution in [-0.2, 0) is 0 Å². The van der Waals surface area contributed by atoms with Crippen molar-refractivity contribution in [3.63, 3.8) is 0 Å². The lowest BCUT2D eigenvalue weighted by atomic mass is 10.1. The van der Waals surface area contributed by atoms with Gasteiger partial charge < -0.3 is 15.2 Å². The average Bonchev–Trinajstić information content (AvgIpc) is 2.46. The van der Waals surface area contributed by atoms with Crippen molar-refractivity contribution in [2.24, 2.45) is 0 Å². The van der Waals surface area contributed by atoms with E-state index in [0.29, 0.717) is 22.6 Å². The van der Waals surface area contributed by atoms with Gasteiger partial charge in [0.2, 0.25) is 0 Å². The number of anilines is 1. The van der Waals surface area contributed by atoms with E-state index in [2.05, 4.69) is 5.32 Å². The molecule has 0 aromatic heterocycles. The first-order valence-electron chi connectivity index (χ1n) is 6.31. The fraction of sp³-hybridized carbons (Fsp3) is 0.125. The number of hydrogen-bond donors (Lipinski definition) is 2. The van der Waals surface area contributed by atoms with Crippen LogP contribution in [0.3, 0.4) is 0 Å². The molecule has 0 aliphatic rings. The lowest BCUT2D eigenvalue weighted by Gasteiger charge is -2.10. The van der Waals surface area contributed by atoms with E-state index in [0.717, 1.165) is 0 Å². The number of para-hydroxylation sites is 1. The molecule has 0 radical (unpaired) electrons. The van der Waals surface area contributed by atoms with Crippen LogP contribution in [0, 0.1) is 6.92 Å². The normalized spacial score (nSPS) is 10.0. The number of carbonyl (C=O) groups is 2. The molecule has 0 spiro atoms. The van der Waals surface area contributed by atoms with Crippen LogP contribution in [0.15, 0.2) is 42.5 Å². The zero-order valence-electron chi connectivity index (χ0n) is 11.7. The Balaban J connectivity index is 2.24. The molecule has 0 bridgehead atoms. The fourth-order valence-corrected chi connectivity index (χ4v) is 2.01. The fourth-order valence-electron chi connectivity index (χ4n) is 2.01. The zero-order valence-corrected chi connectivity index (χ0v) is 11.7. The summed E-state index contributed by atoms with van der Waals surface area (Å²) in [7, 11) is 1.50. The second-order valence-corrected chi connectivity index (χ2v) is 4.49. The summed E-state index contributed by atoms with van der Waals surface area (Å²) < 4.78 is 5.14. The Morgan fingerprint density at radius 3 is 2.43 bits per heavy atom. The molecular weight excluding hydrogens is 270 g/mol. The average molecular weight is 285 g/mol. The van der Waals surface area contributed by atoms with Gasteiger partial charge in [-0.05, 0) is 42.8 Å². The lowest BCUT2D eigenvalue weighted by Crippen LogP contribution is -2.13. The summed E-state index contributed by atoms with van der Waals surface area (Å²) >= 11 is 0. The Hall–Kier alpha value is -2.82. The Bertz CT molecular complexity index is 694. The number of carboxylic acid groups (broad SMARTS) is 1. The van der Waals surface area contributed by atoms with Crippen LogP contribution in [0.5, 0.6) is 5.75 Å². The predicted molar refractivity (Wildman–Crippen MR) is 79.1 cm³/mol. The van der Waals surface area contributed by atoms with Crippen molar-refractivity contribution in [2.75, 3.05) is 12.4 Å². The van der Waals surface area contributed by atoms with Gasteiger partial charge in [-0.15, -0.1) is 0 Å². The van der Waals surface area contributed by atoms with Gasteiger partial charge in [-0.3, -0.25) is 4.79 Å². The third-order valence-electron chi connectivity index (χ3n) is 3.07. The Morgan fingerprint density at radius 2 is 1.81 bits per heavy atom. The van der Waals surface area contributed by atoms with Crippen LogP contribution in [0.4, 0.5) is 5.69 Å². The Labute approximate surface area is 122 Å². The van der Waals surface area contributed by atoms with Crippen molar-refractivity contribution in [2.45, 2.75) is 6.92 Å². The number of benzene rings is 2. The first-order valence-corrected chi connectivity index (χ1v) is 6.31. The molecular formula is C16H15NO4. The number of carbonyl (C=O) groups excluding carboxylic acids is 1. The second kappa shape index (κ2) is 6.09. The van der Waals surface area contributed by atoms with Crippen LogP contribution in [0.2, 0.25) is 0 Å². The number of aromatic carboxylic acids is 1. The highest BCUT2D eigenvalue weighted by Gasteiger charge is 2.13. The monoisotopic (exact) mass is 285 g/mol. The van der Waals surface area contributed by atoms with Gasteiger partial charge in [0.1, 0.15) is 5.75 Å². The molecule has 0 heterocycles. The number of methoxy groups -OCH3 is 1. The molecule has 2 N–H and O–H groups in total. The highest BCUT2D eigenvalue weighted by Crippen LogP contribution is 2.20. The molecule has 0 unspecified atom stereocenters. The van der Waals surface area contributed by atoms with Crippen LogP contribution in [0.1, 0.15) is 26.3 Å². The molecule has 2 aromatic rings. The Morgan fingerprint density at radius 1 is 1.10 bits per heavy atom. The number of amides is 1. The lowest BCUT2D eigenvalue weighted by molar-refractivity contribution is 0.0696. The van der Waals surface area contributed by atoms with Crippen LogP contribution in [-0.4, -0.2) is 24.1 Å². The second-order valence-electron chi connectivity index (χ2n) is 4.49. The molecule has 0 saturated carbocycles. The molecule has 2 aromatic carbocycles. The summed E-state index contributed by atoms with van der Waals surface area (Å²) in [6.07, 6.45) is 0. The number of carboxylic acids is 1. The van der Waals surface area contributed by atoms with Gasteiger partial charge >= 0.3 is 5.97 Å². The summed E-state index contributed by atoms with van der Waals surface area (Å²) in [4.78, 5) is 23.2. The summed E-state index contributed by atoms with van der Waals surface area (Å²) in [6.45, 7) is 1.68. The van der Waals surface area contributed by atoms with Gasteiger partial charge in [0.25, 0.3) is 5.91 Å². The highest BCUT2D eigenvalue weighted by molar-refractivity contribution is 6.06. The molecule has 0 atom stereocenters. The molecule has 108 valence electrons. The minimum Gasteiger partial charge on any atom is -0.496 e. The van der Waals surface area contributed by atoms with Crippen molar-refractivity contribution >= 4 is 17.6 Å². The van der Waals surface area contributed by atoms with Crippen molar-refractivity contribution in [3.05, 3.63) is 59.2 Å². The molecule has 21 heavy (non-hydrogen) atoms. The van der Waals surface area contributed by atoms with E-state index in [-0.39, 0.29) is 11.5 Å². The van der Waals surface area contributed by atoms with Crippen LogP contribution in [0.25, 0.3) is 0 Å². The van der Waals surface area contributed by atoms with E-state index in [1.807, 2.05) is 0 Å². The molecule has 5 nitrogen and oxygen atoms in total. The third kappa shape index (κ3) is 3.20. The van der Waals surface area contributed by atoms with Gasteiger partial charge in [-0.25, -0.2) is 4.79 Å². The minimum absolute atomic E-state index is 0.213. The highest BCUT2D eigenvalue weighted by atomic mass is 16.5. The predicted octanol–water partition coefficient (Wildman–Crippen LogP) is 2.95. The van der Waals surface area contributed by atoms with Crippen molar-refractivity contribution in [1.82, 2.24) is 0 Å². The topological polar surface area (TPSA) is 75.6 Å². The maximum absolute atomic E-state index is 12.2. The smallest absolute Gasteiger partial charge is 0.335 e. The number of aryl methyl sites for hydroxylation is 1. The van der Waals surface area contributed by atoms with Gasteiger partial charge in [0, 0.05) is 5.69 Å². The molecule has 1 amide bonds. The maximum Gasteiger partial charge on any atom is 0.335 e. The van der Waals surface area contributed by atoms with Crippen molar-refractivity contribution < 1.29 is 19.4 Å². The number of hydrogen-bond acceptors (Lipinski definition) is 3. The largest absolute Gasteiger partial charge is 0.496 e. The van der Waals surface area contributed by atoms with E-state index < -0.39 is 5.97 Å². The molecule has 0 aliphatic carbocycles. The first kappa shape index (κ1) is 14.6. The van der Waals surface area contributed by atoms with E-state index >= 15 is 0 Å². The zero-order chi connectivity index (χ0) is 15.4. The Kier molecular flexibility index (Phi) is 4.23. The summed E-state index contributed by atoms with van der Waals surface area (Å²) in [6, 6.07) is 11.5. The SMILES string of the molecule is COc1ccccc1C(=O)Nc1ccc(C(=O)O)c(C)c1. The summed E-state index contributed by atoms with van der Waals surface area (Å²) in [5, 5.41) is 11.7. The standard InChI is InChI=1S/C16H15NO4/c1-10-9-11(7-8-12(10)16(19)20)17-15(18)13-5-3-4-6-14(13)21-2/h3-9H,1-2H3,(H,17,18)(H,19,20). The van der Waals surface area contributed by atoms with Gasteiger partial charge in [0.15, 0.2) is 0 Å². The summed E-state index contributed by atoms with van der Waals surface area (Å²) in [5.74, 6) is -0.820. The maximum atomic E-state index is 12.2. The van der Waals surface area contributed by atoms with Gasteiger partial charge in [-0.2, -0.15) is 0 Å². The number of rotatable bonds is 4. The molecule has 5 heteroatoms. The van der Waals surface area contributed by atoms with E-state index in [1.54, 1.807) is 43.3 Å². The third-order valence-corrected chi connectivity index (χ3v) is 3.07. The van der Waals surface area contributed by atoms with Crippen molar-refractivity contribution in [3.8, 4) is 5.75 Å². The molecule has 0 saturated heterocycles. The van der Waals surface area contributed by atoms with E-state index in [1.165, 1.54) is 13.2 Å². The quantitative estimate of drug-likeness (QED) is 0.905. The van der Waals surface area contributed by atoms with Crippen LogP contribution >= 0.6 is 0 Å². The van der Waals surface area contributed by atoms with Gasteiger partial charge in [-0.1, -0.05) is 12.1 Å². The summed E-state index contributed by atoms with van der Waals surface area (Å²) in [5.41, 5.74) is 1.75. The van der Waals surface area contributed by atoms with E-state index in [9.17, 15) is 9.59 Å². The molecule has 0 aliphatic heterocycles. The van der Waals surface area contributed by atoms with Crippen molar-refractivity contribution in [1.29, 1.82) is 0 Å². The van der Waals surface area contributed by atoms with Gasteiger partial charge in [0.05, 0.1) is 18.2 Å². The molecule has 0 fully saturated rings. The first-order chi connectivity index (χ1) is 10.0. The minimum atomic E-state index is -0.991. The molecule has 2 rings (SSSR count). The van der Waals surface area contributed by atoms with E-state index in [4.69, 9.17) is 9.84 Å². The number of ether oxygens (including phenoxy) is 1.